The lowest BCUT2D eigenvalue weighted by molar-refractivity contribution is -0.133. The molecule has 0 saturated carbocycles. The van der Waals surface area contributed by atoms with Crippen LogP contribution in [-0.2, 0) is 10.3 Å². The molecule has 1 amide bonds. The first kappa shape index (κ1) is 22.5. The molecule has 1 unspecified atom stereocenters. The van der Waals surface area contributed by atoms with Gasteiger partial charge in [0.2, 0.25) is 5.91 Å². The number of amides is 1. The number of hydrogen-bond acceptors (Lipinski definition) is 5. The predicted octanol–water partition coefficient (Wildman–Crippen LogP) is 5.32. The summed E-state index contributed by atoms with van der Waals surface area (Å²) in [5.41, 5.74) is 10.2. The van der Waals surface area contributed by atoms with Crippen molar-refractivity contribution in [3.05, 3.63) is 87.6 Å². The smallest absolute Gasteiger partial charge is 0.235 e. The van der Waals surface area contributed by atoms with E-state index in [1.165, 1.54) is 10.5 Å². The third-order valence-electron chi connectivity index (χ3n) is 6.18. The van der Waals surface area contributed by atoms with Gasteiger partial charge in [0.05, 0.1) is 17.6 Å². The number of thiophene rings is 1. The van der Waals surface area contributed by atoms with Gasteiger partial charge in [-0.15, -0.1) is 11.3 Å². The van der Waals surface area contributed by atoms with Crippen molar-refractivity contribution >= 4 is 29.3 Å². The third-order valence-corrected chi connectivity index (χ3v) is 7.34. The number of carbonyl (C=O) groups is 1. The van der Waals surface area contributed by atoms with Gasteiger partial charge in [0.1, 0.15) is 5.54 Å². The van der Waals surface area contributed by atoms with E-state index < -0.39 is 5.54 Å². The fourth-order valence-electron chi connectivity index (χ4n) is 4.07. The Hall–Kier alpha value is -3.69. The number of hydrogen-bond donors (Lipinski definition) is 1. The Bertz CT molecular complexity index is 1280. The van der Waals surface area contributed by atoms with Gasteiger partial charge >= 0.3 is 0 Å². The molecule has 2 aromatic carbocycles. The molecule has 1 aliphatic heterocycles. The quantitative estimate of drug-likeness (QED) is 0.567. The molecule has 6 heteroatoms. The first-order valence-corrected chi connectivity index (χ1v) is 11.7. The maximum absolute atomic E-state index is 13.3. The Kier molecular flexibility index (Phi) is 6.17. The number of aliphatic imine (C=N–C) groups is 1. The Balaban J connectivity index is 1.67. The summed E-state index contributed by atoms with van der Waals surface area (Å²) in [6, 6.07) is 20.0. The Morgan fingerprint density at radius 2 is 1.97 bits per heavy atom. The summed E-state index contributed by atoms with van der Waals surface area (Å²) in [5.74, 6) is -0.198. The molecule has 166 valence electrons. The van der Waals surface area contributed by atoms with Crippen molar-refractivity contribution in [1.29, 1.82) is 5.26 Å². The summed E-state index contributed by atoms with van der Waals surface area (Å²) in [6.07, 6.45) is 4.63. The predicted molar refractivity (Wildman–Crippen MR) is 135 cm³/mol. The number of guanidine groups is 1. The molecule has 0 aliphatic carbocycles. The highest BCUT2D eigenvalue weighted by molar-refractivity contribution is 7.10. The van der Waals surface area contributed by atoms with Crippen molar-refractivity contribution in [3.63, 3.8) is 0 Å². The summed E-state index contributed by atoms with van der Waals surface area (Å²) >= 11 is 1.56. The highest BCUT2D eigenvalue weighted by Gasteiger charge is 2.46. The molecule has 1 aliphatic rings. The maximum Gasteiger partial charge on any atom is 0.235 e. The van der Waals surface area contributed by atoms with E-state index in [1.54, 1.807) is 24.5 Å². The topological polar surface area (TPSA) is 82.5 Å². The molecular weight excluding hydrogens is 428 g/mol. The van der Waals surface area contributed by atoms with E-state index in [-0.39, 0.29) is 17.8 Å². The van der Waals surface area contributed by atoms with Crippen LogP contribution in [0.1, 0.15) is 34.9 Å². The standard InChI is InChI=1S/C27H26N4OS/c1-18-10-12-19(13-11-18)6-5-9-23-25(32)31(3)26(29)30-27(23,2)24-15-22(17-33-24)21-8-4-7-20(14-21)16-28/h4-8,10-15,17,23H,9H2,1-3H3,(H2,29,30)/t23?,27-/m0/s1. The molecule has 4 rings (SSSR count). The molecule has 2 atom stereocenters. The van der Waals surface area contributed by atoms with E-state index in [1.807, 2.05) is 42.7 Å². The monoisotopic (exact) mass is 454 g/mol. The van der Waals surface area contributed by atoms with Crippen molar-refractivity contribution in [2.45, 2.75) is 25.8 Å². The lowest BCUT2D eigenvalue weighted by atomic mass is 9.79. The van der Waals surface area contributed by atoms with Gasteiger partial charge < -0.3 is 5.73 Å². The zero-order valence-electron chi connectivity index (χ0n) is 18.9. The molecule has 0 saturated heterocycles. The number of aryl methyl sites for hydroxylation is 1. The molecule has 0 spiro atoms. The summed E-state index contributed by atoms with van der Waals surface area (Å²) in [6.45, 7) is 4.04. The third kappa shape index (κ3) is 4.46. The minimum atomic E-state index is -0.777. The molecule has 1 aromatic heterocycles. The van der Waals surface area contributed by atoms with Crippen LogP contribution in [0.3, 0.4) is 0 Å². The van der Waals surface area contributed by atoms with Crippen molar-refractivity contribution in [1.82, 2.24) is 4.90 Å². The second-order valence-electron chi connectivity index (χ2n) is 8.51. The molecule has 5 nitrogen and oxygen atoms in total. The van der Waals surface area contributed by atoms with Crippen LogP contribution in [0.5, 0.6) is 0 Å². The van der Waals surface area contributed by atoms with Crippen LogP contribution in [0.15, 0.2) is 71.0 Å². The van der Waals surface area contributed by atoms with Gasteiger partial charge in [-0.2, -0.15) is 5.26 Å². The van der Waals surface area contributed by atoms with Crippen LogP contribution >= 0.6 is 11.3 Å². The molecule has 2 heterocycles. The van der Waals surface area contributed by atoms with Gasteiger partial charge in [0.15, 0.2) is 5.96 Å². The van der Waals surface area contributed by atoms with Crippen LogP contribution < -0.4 is 5.73 Å². The van der Waals surface area contributed by atoms with E-state index in [0.717, 1.165) is 21.6 Å². The Morgan fingerprint density at radius 3 is 2.70 bits per heavy atom. The van der Waals surface area contributed by atoms with Crippen molar-refractivity contribution in [3.8, 4) is 17.2 Å². The van der Waals surface area contributed by atoms with Gasteiger partial charge in [-0.25, -0.2) is 4.99 Å². The van der Waals surface area contributed by atoms with Gasteiger partial charge in [-0.05, 0) is 60.5 Å². The summed E-state index contributed by atoms with van der Waals surface area (Å²) in [7, 11) is 1.67. The average Bonchev–Trinajstić information content (AvgIpc) is 3.32. The fraction of sp³-hybridized carbons (Fsp3) is 0.222. The summed E-state index contributed by atoms with van der Waals surface area (Å²) in [5, 5.41) is 11.3. The van der Waals surface area contributed by atoms with Crippen LogP contribution in [0.2, 0.25) is 0 Å². The average molecular weight is 455 g/mol. The highest BCUT2D eigenvalue weighted by atomic mass is 32.1. The van der Waals surface area contributed by atoms with Crippen molar-refractivity contribution in [2.75, 3.05) is 7.05 Å². The Labute approximate surface area is 198 Å². The van der Waals surface area contributed by atoms with Gasteiger partial charge in [-0.1, -0.05) is 54.1 Å². The number of carbonyl (C=O) groups excluding carboxylic acids is 1. The van der Waals surface area contributed by atoms with Crippen LogP contribution in [-0.4, -0.2) is 23.8 Å². The van der Waals surface area contributed by atoms with Crippen molar-refractivity contribution < 1.29 is 4.79 Å². The largest absolute Gasteiger partial charge is 0.369 e. The Morgan fingerprint density at radius 1 is 1.21 bits per heavy atom. The van der Waals surface area contributed by atoms with Crippen LogP contribution in [0.4, 0.5) is 0 Å². The second-order valence-corrected chi connectivity index (χ2v) is 9.42. The highest BCUT2D eigenvalue weighted by Crippen LogP contribution is 2.44. The number of allylic oxidation sites excluding steroid dienone is 1. The van der Waals surface area contributed by atoms with E-state index in [4.69, 9.17) is 10.7 Å². The maximum atomic E-state index is 13.3. The fourth-order valence-corrected chi connectivity index (χ4v) is 5.15. The number of nitriles is 1. The number of rotatable bonds is 5. The number of nitrogens with zero attached hydrogens (tertiary/aromatic N) is 3. The molecule has 0 fully saturated rings. The normalized spacial score (nSPS) is 20.7. The van der Waals surface area contributed by atoms with Gasteiger partial charge in [0, 0.05) is 11.9 Å². The molecule has 2 N–H and O–H groups in total. The van der Waals surface area contributed by atoms with E-state index in [2.05, 4.69) is 43.3 Å². The minimum absolute atomic E-state index is 0.0417. The van der Waals surface area contributed by atoms with Crippen LogP contribution in [0.25, 0.3) is 17.2 Å². The van der Waals surface area contributed by atoms with E-state index >= 15 is 0 Å². The minimum Gasteiger partial charge on any atom is -0.369 e. The zero-order chi connectivity index (χ0) is 23.6. The lowest BCUT2D eigenvalue weighted by Crippen LogP contribution is -2.53. The second kappa shape index (κ2) is 9.05. The first-order valence-electron chi connectivity index (χ1n) is 10.8. The molecule has 3 aromatic rings. The zero-order valence-corrected chi connectivity index (χ0v) is 19.8. The molecule has 33 heavy (non-hydrogen) atoms. The van der Waals surface area contributed by atoms with E-state index in [9.17, 15) is 10.1 Å². The van der Waals surface area contributed by atoms with Crippen LogP contribution in [0, 0.1) is 24.2 Å². The molecular formula is C27H26N4OS. The van der Waals surface area contributed by atoms with Gasteiger partial charge in [0.25, 0.3) is 0 Å². The van der Waals surface area contributed by atoms with E-state index in [0.29, 0.717) is 12.0 Å². The lowest BCUT2D eigenvalue weighted by Gasteiger charge is -2.39. The number of nitrogens with two attached hydrogens (primary N) is 1. The first-order chi connectivity index (χ1) is 15.8. The SMILES string of the molecule is Cc1ccc(C=CCC2C(=O)N(C)C(N)=N[C@]2(C)c2cc(-c3cccc(C#N)c3)cs2)cc1. The summed E-state index contributed by atoms with van der Waals surface area (Å²) < 4.78 is 0. The van der Waals surface area contributed by atoms with Crippen molar-refractivity contribution in [2.24, 2.45) is 16.6 Å². The number of benzene rings is 2. The van der Waals surface area contributed by atoms with Gasteiger partial charge in [-0.3, -0.25) is 9.69 Å². The molecule has 0 radical (unpaired) electrons. The molecule has 0 bridgehead atoms. The summed E-state index contributed by atoms with van der Waals surface area (Å²) in [4.78, 5) is 20.5.